The summed E-state index contributed by atoms with van der Waals surface area (Å²) in [6, 6.07) is 17.6. The quantitative estimate of drug-likeness (QED) is 0.572. The van der Waals surface area contributed by atoms with Crippen molar-refractivity contribution in [1.82, 2.24) is 15.0 Å². The Morgan fingerprint density at radius 2 is 2.00 bits per heavy atom. The lowest BCUT2D eigenvalue weighted by Gasteiger charge is -2.19. The molecular weight excluding hydrogens is 374 g/mol. The van der Waals surface area contributed by atoms with Gasteiger partial charge < -0.3 is 14.2 Å². The van der Waals surface area contributed by atoms with Gasteiger partial charge in [-0.1, -0.05) is 47.6 Å². The monoisotopic (exact) mass is 397 g/mol. The average Bonchev–Trinajstić information content (AvgIpc) is 3.20. The van der Waals surface area contributed by atoms with E-state index in [2.05, 4.69) is 22.3 Å². The van der Waals surface area contributed by atoms with Crippen LogP contribution in [-0.2, 0) is 17.1 Å². The molecule has 0 radical (unpaired) electrons. The van der Waals surface area contributed by atoms with Crippen molar-refractivity contribution in [2.75, 3.05) is 14.2 Å². The van der Waals surface area contributed by atoms with E-state index in [0.717, 1.165) is 17.1 Å². The van der Waals surface area contributed by atoms with Crippen molar-refractivity contribution in [1.29, 1.82) is 0 Å². The third kappa shape index (κ3) is 5.13. The highest BCUT2D eigenvalue weighted by atomic mass is 32.2. The predicted octanol–water partition coefficient (Wildman–Crippen LogP) is 4.03. The molecule has 7 heteroatoms. The Balaban J connectivity index is 1.57. The van der Waals surface area contributed by atoms with E-state index in [1.807, 2.05) is 49.4 Å². The lowest BCUT2D eigenvalue weighted by Crippen LogP contribution is -2.33. The molecule has 0 N–H and O–H groups in total. The van der Waals surface area contributed by atoms with Crippen LogP contribution in [0.3, 0.4) is 0 Å². The summed E-state index contributed by atoms with van der Waals surface area (Å²) in [4.78, 5) is 18.6. The van der Waals surface area contributed by atoms with E-state index in [4.69, 9.17) is 9.26 Å². The van der Waals surface area contributed by atoms with E-state index in [9.17, 15) is 4.79 Å². The van der Waals surface area contributed by atoms with Crippen LogP contribution in [0, 0.1) is 0 Å². The van der Waals surface area contributed by atoms with Crippen molar-refractivity contribution in [2.45, 2.75) is 24.5 Å². The summed E-state index contributed by atoms with van der Waals surface area (Å²) in [6.45, 7) is 2.19. The highest BCUT2D eigenvalue weighted by Crippen LogP contribution is 2.22. The number of benzene rings is 2. The van der Waals surface area contributed by atoms with E-state index in [1.165, 1.54) is 5.56 Å². The van der Waals surface area contributed by atoms with E-state index >= 15 is 0 Å². The van der Waals surface area contributed by atoms with Crippen molar-refractivity contribution < 1.29 is 14.1 Å². The smallest absolute Gasteiger partial charge is 0.246 e. The third-order valence-corrected chi connectivity index (χ3v) is 5.44. The van der Waals surface area contributed by atoms with Gasteiger partial charge in [-0.05, 0) is 24.6 Å². The van der Waals surface area contributed by atoms with E-state index in [-0.39, 0.29) is 17.7 Å². The van der Waals surface area contributed by atoms with Crippen molar-refractivity contribution in [2.24, 2.45) is 0 Å². The first-order valence-electron chi connectivity index (χ1n) is 8.94. The van der Waals surface area contributed by atoms with Gasteiger partial charge in [-0.3, -0.25) is 4.79 Å². The second-order valence-electron chi connectivity index (χ2n) is 6.38. The minimum Gasteiger partial charge on any atom is -0.497 e. The summed E-state index contributed by atoms with van der Waals surface area (Å²) in [7, 11) is 3.36. The summed E-state index contributed by atoms with van der Waals surface area (Å²) >= 11 is 1.61. The molecule has 1 aromatic heterocycles. The van der Waals surface area contributed by atoms with Gasteiger partial charge in [-0.15, -0.1) is 11.8 Å². The van der Waals surface area contributed by atoms with Gasteiger partial charge in [0.1, 0.15) is 5.75 Å². The Hall–Kier alpha value is -2.80. The van der Waals surface area contributed by atoms with Gasteiger partial charge in [0.05, 0.1) is 18.9 Å². The second kappa shape index (κ2) is 9.41. The van der Waals surface area contributed by atoms with Crippen molar-refractivity contribution in [3.63, 3.8) is 0 Å². The lowest BCUT2D eigenvalue weighted by atomic mass is 10.2. The zero-order valence-corrected chi connectivity index (χ0v) is 17.0. The van der Waals surface area contributed by atoms with E-state index in [1.54, 1.807) is 30.8 Å². The van der Waals surface area contributed by atoms with Gasteiger partial charge in [-0.2, -0.15) is 4.98 Å². The van der Waals surface area contributed by atoms with Crippen LogP contribution in [0.25, 0.3) is 11.4 Å². The van der Waals surface area contributed by atoms with Crippen LogP contribution in [-0.4, -0.2) is 40.4 Å². The number of aromatic nitrogens is 2. The molecule has 1 heterocycles. The molecule has 28 heavy (non-hydrogen) atoms. The van der Waals surface area contributed by atoms with E-state index in [0.29, 0.717) is 11.7 Å². The summed E-state index contributed by atoms with van der Waals surface area (Å²) in [5, 5.41) is 3.85. The van der Waals surface area contributed by atoms with Crippen LogP contribution in [0.2, 0.25) is 0 Å². The first-order valence-corrected chi connectivity index (χ1v) is 9.99. The van der Waals surface area contributed by atoms with Crippen LogP contribution < -0.4 is 4.74 Å². The third-order valence-electron chi connectivity index (χ3n) is 4.24. The predicted molar refractivity (Wildman–Crippen MR) is 110 cm³/mol. The number of carbonyl (C=O) groups is 1. The van der Waals surface area contributed by atoms with E-state index < -0.39 is 0 Å². The summed E-state index contributed by atoms with van der Waals surface area (Å²) in [6.07, 6.45) is 0. The number of ether oxygens (including phenoxy) is 1. The van der Waals surface area contributed by atoms with Crippen LogP contribution >= 0.6 is 11.8 Å². The average molecular weight is 398 g/mol. The molecule has 1 amide bonds. The molecule has 6 nitrogen and oxygen atoms in total. The summed E-state index contributed by atoms with van der Waals surface area (Å²) in [5.41, 5.74) is 2.00. The molecule has 0 aliphatic rings. The molecule has 0 spiro atoms. The number of nitrogens with zero attached hydrogens (tertiary/aromatic N) is 3. The summed E-state index contributed by atoms with van der Waals surface area (Å²) < 4.78 is 10.5. The van der Waals surface area contributed by atoms with Gasteiger partial charge in [-0.25, -0.2) is 0 Å². The molecule has 3 aromatic rings. The van der Waals surface area contributed by atoms with Crippen molar-refractivity contribution >= 4 is 17.7 Å². The Morgan fingerprint density at radius 1 is 1.21 bits per heavy atom. The molecule has 0 bridgehead atoms. The Morgan fingerprint density at radius 3 is 2.75 bits per heavy atom. The van der Waals surface area contributed by atoms with Crippen LogP contribution in [0.5, 0.6) is 5.75 Å². The minimum absolute atomic E-state index is 0.0297. The molecule has 1 unspecified atom stereocenters. The molecule has 3 rings (SSSR count). The first-order chi connectivity index (χ1) is 13.6. The fraction of sp³-hybridized carbons (Fsp3) is 0.286. The Labute approximate surface area is 168 Å². The topological polar surface area (TPSA) is 68.5 Å². The van der Waals surface area contributed by atoms with Crippen LogP contribution in [0.1, 0.15) is 18.4 Å². The molecule has 0 saturated carbocycles. The second-order valence-corrected chi connectivity index (χ2v) is 7.71. The molecule has 146 valence electrons. The highest BCUT2D eigenvalue weighted by molar-refractivity contribution is 7.99. The Bertz CT molecular complexity index is 914. The number of hydrogen-bond donors (Lipinski definition) is 0. The highest BCUT2D eigenvalue weighted by Gasteiger charge is 2.20. The van der Waals surface area contributed by atoms with Gasteiger partial charge in [0.25, 0.3) is 0 Å². The standard InChI is InChI=1S/C21H23N3O3S/c1-15(28-14-16-8-5-4-6-9-16)21(25)24(2)13-19-22-20(23-27-19)17-10-7-11-18(12-17)26-3/h4-12,15H,13-14H2,1-3H3. The molecule has 0 aliphatic heterocycles. The van der Waals surface area contributed by atoms with Gasteiger partial charge in [0, 0.05) is 18.4 Å². The molecule has 0 saturated heterocycles. The molecule has 2 aromatic carbocycles. The van der Waals surface area contributed by atoms with Crippen LogP contribution in [0.4, 0.5) is 0 Å². The SMILES string of the molecule is COc1cccc(-c2noc(CN(C)C(=O)C(C)SCc3ccccc3)n2)c1. The van der Waals surface area contributed by atoms with Gasteiger partial charge in [0.2, 0.25) is 17.6 Å². The maximum absolute atomic E-state index is 12.6. The fourth-order valence-electron chi connectivity index (χ4n) is 2.66. The lowest BCUT2D eigenvalue weighted by molar-refractivity contribution is -0.129. The zero-order valence-electron chi connectivity index (χ0n) is 16.2. The number of thioether (sulfide) groups is 1. The molecule has 0 aliphatic carbocycles. The number of amides is 1. The maximum atomic E-state index is 12.6. The maximum Gasteiger partial charge on any atom is 0.246 e. The van der Waals surface area contributed by atoms with Crippen molar-refractivity contribution in [3.05, 3.63) is 66.1 Å². The fourth-order valence-corrected chi connectivity index (χ4v) is 3.61. The summed E-state index contributed by atoms with van der Waals surface area (Å²) in [5.74, 6) is 2.42. The number of rotatable bonds is 8. The first kappa shape index (κ1) is 19.9. The number of carbonyl (C=O) groups excluding carboxylic acids is 1. The number of hydrogen-bond acceptors (Lipinski definition) is 6. The largest absolute Gasteiger partial charge is 0.497 e. The normalized spacial score (nSPS) is 11.8. The molecular formula is C21H23N3O3S. The Kier molecular flexibility index (Phi) is 6.71. The minimum atomic E-state index is -0.161. The number of methoxy groups -OCH3 is 1. The van der Waals surface area contributed by atoms with Crippen molar-refractivity contribution in [3.8, 4) is 17.1 Å². The van der Waals surface area contributed by atoms with Gasteiger partial charge in [0.15, 0.2) is 0 Å². The molecule has 1 atom stereocenters. The molecule has 0 fully saturated rings. The van der Waals surface area contributed by atoms with Crippen LogP contribution in [0.15, 0.2) is 59.1 Å². The zero-order chi connectivity index (χ0) is 19.9. The van der Waals surface area contributed by atoms with Gasteiger partial charge >= 0.3 is 0 Å².